The number of nitrogens with one attached hydrogen (secondary N) is 1. The summed E-state index contributed by atoms with van der Waals surface area (Å²) >= 11 is 0. The van der Waals surface area contributed by atoms with Gasteiger partial charge in [0.15, 0.2) is 0 Å². The molecule has 19 heavy (non-hydrogen) atoms. The van der Waals surface area contributed by atoms with Gasteiger partial charge < -0.3 is 9.88 Å². The van der Waals surface area contributed by atoms with E-state index in [2.05, 4.69) is 48.9 Å². The molecule has 3 atom stereocenters. The van der Waals surface area contributed by atoms with Gasteiger partial charge in [0.05, 0.1) is 6.04 Å². The number of imidazole rings is 1. The highest BCUT2D eigenvalue weighted by Crippen LogP contribution is 2.36. The second-order valence-electron chi connectivity index (χ2n) is 6.28. The lowest BCUT2D eigenvalue weighted by Crippen LogP contribution is -2.40. The van der Waals surface area contributed by atoms with Crippen molar-refractivity contribution >= 4 is 0 Å². The molecule has 3 unspecified atom stereocenters. The average molecular weight is 263 g/mol. The van der Waals surface area contributed by atoms with Gasteiger partial charge in [0, 0.05) is 24.4 Å². The molecule has 1 fully saturated rings. The van der Waals surface area contributed by atoms with Crippen LogP contribution in [0.5, 0.6) is 0 Å². The van der Waals surface area contributed by atoms with E-state index in [-0.39, 0.29) is 0 Å². The highest BCUT2D eigenvalue weighted by atomic mass is 15.1. The first-order valence-corrected chi connectivity index (χ1v) is 7.87. The molecular weight excluding hydrogens is 234 g/mol. The van der Waals surface area contributed by atoms with Gasteiger partial charge in [-0.3, -0.25) is 0 Å². The van der Waals surface area contributed by atoms with Crippen LogP contribution in [0, 0.1) is 5.92 Å². The lowest BCUT2D eigenvalue weighted by atomic mass is 9.80. The van der Waals surface area contributed by atoms with E-state index in [9.17, 15) is 0 Å². The van der Waals surface area contributed by atoms with Crippen molar-refractivity contribution in [3.63, 3.8) is 0 Å². The summed E-state index contributed by atoms with van der Waals surface area (Å²) < 4.78 is 2.44. The van der Waals surface area contributed by atoms with E-state index in [4.69, 9.17) is 0 Å². The summed E-state index contributed by atoms with van der Waals surface area (Å²) in [4.78, 5) is 4.57. The van der Waals surface area contributed by atoms with Gasteiger partial charge in [-0.05, 0) is 32.2 Å². The van der Waals surface area contributed by atoms with Crippen molar-refractivity contribution < 1.29 is 0 Å². The van der Waals surface area contributed by atoms with Crippen molar-refractivity contribution in [2.24, 2.45) is 5.92 Å². The first kappa shape index (κ1) is 14.6. The molecule has 1 saturated carbocycles. The lowest BCUT2D eigenvalue weighted by molar-refractivity contribution is 0.200. The minimum absolute atomic E-state index is 0.499. The van der Waals surface area contributed by atoms with Crippen LogP contribution in [0.1, 0.15) is 70.7 Å². The summed E-state index contributed by atoms with van der Waals surface area (Å²) in [6, 6.07) is 1.18. The van der Waals surface area contributed by atoms with E-state index in [1.165, 1.54) is 37.9 Å². The Morgan fingerprint density at radius 2 is 2.21 bits per heavy atom. The molecule has 1 aromatic heterocycles. The molecule has 0 amide bonds. The molecule has 1 aliphatic rings. The molecular formula is C16H29N3. The Morgan fingerprint density at radius 3 is 2.84 bits per heavy atom. The van der Waals surface area contributed by atoms with Gasteiger partial charge in [0.1, 0.15) is 5.82 Å². The minimum Gasteiger partial charge on any atom is -0.330 e. The Balaban J connectivity index is 2.19. The monoisotopic (exact) mass is 263 g/mol. The minimum atomic E-state index is 0.499. The normalized spacial score (nSPS) is 27.9. The van der Waals surface area contributed by atoms with Crippen LogP contribution >= 0.6 is 0 Å². The fraction of sp³-hybridized carbons (Fsp3) is 0.812. The number of likely N-dealkylation sites (N-methyl/N-ethyl adjacent to an activating group) is 1. The van der Waals surface area contributed by atoms with Crippen molar-refractivity contribution in [1.29, 1.82) is 0 Å². The first-order valence-electron chi connectivity index (χ1n) is 7.87. The second kappa shape index (κ2) is 6.56. The number of rotatable bonds is 5. The van der Waals surface area contributed by atoms with Gasteiger partial charge in [0.2, 0.25) is 0 Å². The number of hydrogen-bond acceptors (Lipinski definition) is 2. The van der Waals surface area contributed by atoms with E-state index in [0.29, 0.717) is 18.0 Å². The van der Waals surface area contributed by atoms with Gasteiger partial charge in [-0.25, -0.2) is 4.98 Å². The zero-order valence-electron chi connectivity index (χ0n) is 12.9. The SMILES string of the molecule is CCCC1CCC(NC)C(n2ccnc2C(C)C)C1. The summed E-state index contributed by atoms with van der Waals surface area (Å²) in [6.45, 7) is 6.77. The predicted molar refractivity (Wildman–Crippen MR) is 80.4 cm³/mol. The molecule has 1 aliphatic carbocycles. The topological polar surface area (TPSA) is 29.9 Å². The van der Waals surface area contributed by atoms with Crippen LogP contribution in [0.4, 0.5) is 0 Å². The van der Waals surface area contributed by atoms with Crippen molar-refractivity contribution in [3.8, 4) is 0 Å². The van der Waals surface area contributed by atoms with Crippen molar-refractivity contribution in [2.75, 3.05) is 7.05 Å². The maximum absolute atomic E-state index is 4.57. The maximum atomic E-state index is 4.57. The fourth-order valence-electron chi connectivity index (χ4n) is 3.60. The van der Waals surface area contributed by atoms with Crippen LogP contribution in [-0.2, 0) is 0 Å². The second-order valence-corrected chi connectivity index (χ2v) is 6.28. The highest BCUT2D eigenvalue weighted by molar-refractivity contribution is 5.03. The third-order valence-corrected chi connectivity index (χ3v) is 4.57. The quantitative estimate of drug-likeness (QED) is 0.877. The summed E-state index contributed by atoms with van der Waals surface area (Å²) in [7, 11) is 2.10. The number of hydrogen-bond donors (Lipinski definition) is 1. The summed E-state index contributed by atoms with van der Waals surface area (Å²) in [5, 5.41) is 3.52. The van der Waals surface area contributed by atoms with Crippen LogP contribution in [0.15, 0.2) is 12.4 Å². The zero-order chi connectivity index (χ0) is 13.8. The molecule has 1 heterocycles. The molecule has 108 valence electrons. The average Bonchev–Trinajstić information content (AvgIpc) is 2.88. The Kier molecular flexibility index (Phi) is 5.03. The predicted octanol–water partition coefficient (Wildman–Crippen LogP) is 3.74. The molecule has 0 bridgehead atoms. The summed E-state index contributed by atoms with van der Waals surface area (Å²) in [5.41, 5.74) is 0. The molecule has 2 rings (SSSR count). The molecule has 1 aromatic rings. The van der Waals surface area contributed by atoms with Crippen molar-refractivity contribution in [3.05, 3.63) is 18.2 Å². The van der Waals surface area contributed by atoms with E-state index >= 15 is 0 Å². The maximum Gasteiger partial charge on any atom is 0.111 e. The largest absolute Gasteiger partial charge is 0.330 e. The van der Waals surface area contributed by atoms with Crippen LogP contribution in [0.2, 0.25) is 0 Å². The molecule has 0 saturated heterocycles. The lowest BCUT2D eigenvalue weighted by Gasteiger charge is -2.38. The van der Waals surface area contributed by atoms with Crippen LogP contribution in [-0.4, -0.2) is 22.6 Å². The molecule has 0 radical (unpaired) electrons. The van der Waals surface area contributed by atoms with Crippen LogP contribution in [0.3, 0.4) is 0 Å². The van der Waals surface area contributed by atoms with Crippen molar-refractivity contribution in [2.45, 2.75) is 70.9 Å². The van der Waals surface area contributed by atoms with E-state index in [1.54, 1.807) is 0 Å². The smallest absolute Gasteiger partial charge is 0.111 e. The van der Waals surface area contributed by atoms with Gasteiger partial charge >= 0.3 is 0 Å². The molecule has 3 nitrogen and oxygen atoms in total. The third-order valence-electron chi connectivity index (χ3n) is 4.57. The molecule has 0 aliphatic heterocycles. The number of aromatic nitrogens is 2. The summed E-state index contributed by atoms with van der Waals surface area (Å²) in [6.07, 6.45) is 10.8. The molecule has 3 heteroatoms. The van der Waals surface area contributed by atoms with E-state index < -0.39 is 0 Å². The molecule has 0 aromatic carbocycles. The van der Waals surface area contributed by atoms with E-state index in [0.717, 1.165) is 5.92 Å². The molecule has 1 N–H and O–H groups in total. The van der Waals surface area contributed by atoms with Gasteiger partial charge in [-0.15, -0.1) is 0 Å². The van der Waals surface area contributed by atoms with Crippen LogP contribution < -0.4 is 5.32 Å². The first-order chi connectivity index (χ1) is 9.17. The van der Waals surface area contributed by atoms with Gasteiger partial charge in [-0.1, -0.05) is 33.6 Å². The Bertz CT molecular complexity index is 383. The Labute approximate surface area is 117 Å². The standard InChI is InChI=1S/C16H29N3/c1-5-6-13-7-8-14(17-4)15(11-13)19-10-9-18-16(19)12(2)3/h9-10,12-15,17H,5-8,11H2,1-4H3. The fourth-order valence-corrected chi connectivity index (χ4v) is 3.60. The highest BCUT2D eigenvalue weighted by Gasteiger charge is 2.31. The summed E-state index contributed by atoms with van der Waals surface area (Å²) in [5.74, 6) is 2.63. The Hall–Kier alpha value is -0.830. The zero-order valence-corrected chi connectivity index (χ0v) is 12.9. The third kappa shape index (κ3) is 3.19. The number of nitrogens with zero attached hydrogens (tertiary/aromatic N) is 2. The van der Waals surface area contributed by atoms with Gasteiger partial charge in [-0.2, -0.15) is 0 Å². The van der Waals surface area contributed by atoms with E-state index in [1.807, 2.05) is 6.20 Å². The van der Waals surface area contributed by atoms with Crippen molar-refractivity contribution in [1.82, 2.24) is 14.9 Å². The van der Waals surface area contributed by atoms with Gasteiger partial charge in [0.25, 0.3) is 0 Å². The Morgan fingerprint density at radius 1 is 1.42 bits per heavy atom. The van der Waals surface area contributed by atoms with Crippen LogP contribution in [0.25, 0.3) is 0 Å². The molecule has 0 spiro atoms.